The van der Waals surface area contributed by atoms with Crippen molar-refractivity contribution in [2.24, 2.45) is 0 Å². The molecule has 1 nitrogen and oxygen atoms in total. The zero-order valence-electron chi connectivity index (χ0n) is 6.80. The van der Waals surface area contributed by atoms with E-state index in [0.29, 0.717) is 10.4 Å². The lowest BCUT2D eigenvalue weighted by Crippen LogP contribution is -1.88. The van der Waals surface area contributed by atoms with Crippen LogP contribution in [0.25, 0.3) is 10.1 Å². The fourth-order valence-corrected chi connectivity index (χ4v) is 3.01. The van der Waals surface area contributed by atoms with Crippen molar-refractivity contribution in [2.45, 2.75) is 0 Å². The number of thiophene rings is 1. The first kappa shape index (κ1) is 9.21. The molecule has 0 unspecified atom stereocenters. The van der Waals surface area contributed by atoms with Crippen LogP contribution in [0, 0.1) is 9.39 Å². The van der Waals surface area contributed by atoms with Crippen LogP contribution in [-0.2, 0) is 0 Å². The summed E-state index contributed by atoms with van der Waals surface area (Å²) in [5, 5.41) is 2.82. The zero-order chi connectivity index (χ0) is 9.42. The normalized spacial score (nSPS) is 10.7. The summed E-state index contributed by atoms with van der Waals surface area (Å²) in [6.07, 6.45) is 0. The number of hydrogen-bond donors (Lipinski definition) is 0. The summed E-state index contributed by atoms with van der Waals surface area (Å²) >= 11 is 3.58. The van der Waals surface area contributed by atoms with Crippen LogP contribution in [-0.4, -0.2) is 7.11 Å². The summed E-state index contributed by atoms with van der Waals surface area (Å²) in [5.41, 5.74) is 0. The Labute approximate surface area is 92.7 Å². The third kappa shape index (κ3) is 1.42. The van der Waals surface area contributed by atoms with Gasteiger partial charge in [0.25, 0.3) is 0 Å². The van der Waals surface area contributed by atoms with Crippen molar-refractivity contribution in [1.29, 1.82) is 0 Å². The molecule has 0 spiro atoms. The van der Waals surface area contributed by atoms with Crippen molar-refractivity contribution in [3.8, 4) is 5.75 Å². The number of benzene rings is 1. The fourth-order valence-electron chi connectivity index (χ4n) is 1.19. The number of ether oxygens (including phenoxy) is 1. The van der Waals surface area contributed by atoms with Gasteiger partial charge in [0.15, 0.2) is 0 Å². The maximum atomic E-state index is 13.4. The lowest BCUT2D eigenvalue weighted by Gasteiger charge is -2.04. The summed E-state index contributed by atoms with van der Waals surface area (Å²) in [6, 6.07) is 3.34. The van der Waals surface area contributed by atoms with Crippen molar-refractivity contribution in [3.05, 3.63) is 26.9 Å². The third-order valence-electron chi connectivity index (χ3n) is 1.81. The molecule has 4 heteroatoms. The Kier molecular flexibility index (Phi) is 2.42. The quantitative estimate of drug-likeness (QED) is 0.731. The van der Waals surface area contributed by atoms with E-state index >= 15 is 0 Å². The number of methoxy groups -OCH3 is 1. The molecular weight excluding hydrogens is 302 g/mol. The highest BCUT2D eigenvalue weighted by Crippen LogP contribution is 2.34. The summed E-state index contributed by atoms with van der Waals surface area (Å²) in [5.74, 6) is 0.395. The van der Waals surface area contributed by atoms with Crippen molar-refractivity contribution >= 4 is 44.0 Å². The number of rotatable bonds is 1. The van der Waals surface area contributed by atoms with Gasteiger partial charge in [0.05, 0.1) is 15.4 Å². The van der Waals surface area contributed by atoms with Gasteiger partial charge in [0.1, 0.15) is 11.6 Å². The predicted octanol–water partition coefficient (Wildman–Crippen LogP) is 3.65. The molecule has 0 radical (unpaired) electrons. The first-order chi connectivity index (χ1) is 6.24. The lowest BCUT2D eigenvalue weighted by atomic mass is 10.2. The zero-order valence-corrected chi connectivity index (χ0v) is 9.78. The van der Waals surface area contributed by atoms with Crippen molar-refractivity contribution in [2.75, 3.05) is 7.11 Å². The summed E-state index contributed by atoms with van der Waals surface area (Å²) in [4.78, 5) is 0. The highest BCUT2D eigenvalue weighted by atomic mass is 127. The van der Waals surface area contributed by atoms with Crippen LogP contribution in [0.4, 0.5) is 4.39 Å². The summed E-state index contributed by atoms with van der Waals surface area (Å²) in [6.45, 7) is 0. The van der Waals surface area contributed by atoms with E-state index in [9.17, 15) is 4.39 Å². The average Bonchev–Trinajstić information content (AvgIpc) is 2.60. The minimum atomic E-state index is -0.206. The Bertz CT molecular complexity index is 452. The van der Waals surface area contributed by atoms with E-state index < -0.39 is 0 Å². The third-order valence-corrected chi connectivity index (χ3v) is 3.85. The Hall–Kier alpha value is -0.360. The molecule has 0 saturated carbocycles. The highest BCUT2D eigenvalue weighted by molar-refractivity contribution is 14.1. The smallest absolute Gasteiger partial charge is 0.144 e. The minimum absolute atomic E-state index is 0.206. The topological polar surface area (TPSA) is 9.23 Å². The Morgan fingerprint density at radius 2 is 2.31 bits per heavy atom. The van der Waals surface area contributed by atoms with E-state index in [-0.39, 0.29) is 5.82 Å². The SMILES string of the molecule is COc1cc(F)c2sccc2c1I. The van der Waals surface area contributed by atoms with Gasteiger partial charge in [-0.1, -0.05) is 0 Å². The maximum absolute atomic E-state index is 13.4. The van der Waals surface area contributed by atoms with E-state index in [1.54, 1.807) is 7.11 Å². The second-order valence-corrected chi connectivity index (χ2v) is 4.53. The minimum Gasteiger partial charge on any atom is -0.496 e. The maximum Gasteiger partial charge on any atom is 0.144 e. The van der Waals surface area contributed by atoms with Gasteiger partial charge in [-0.3, -0.25) is 0 Å². The molecule has 68 valence electrons. The number of halogens is 2. The van der Waals surface area contributed by atoms with Crippen LogP contribution < -0.4 is 4.74 Å². The van der Waals surface area contributed by atoms with Crippen LogP contribution in [0.3, 0.4) is 0 Å². The van der Waals surface area contributed by atoms with Gasteiger partial charge in [-0.05, 0) is 34.0 Å². The Balaban J connectivity index is 2.85. The molecule has 0 N–H and O–H groups in total. The van der Waals surface area contributed by atoms with Crippen LogP contribution in [0.15, 0.2) is 17.5 Å². The monoisotopic (exact) mass is 308 g/mol. The first-order valence-corrected chi connectivity index (χ1v) is 5.59. The van der Waals surface area contributed by atoms with Gasteiger partial charge in [-0.2, -0.15) is 0 Å². The molecule has 0 aliphatic heterocycles. The second kappa shape index (κ2) is 3.42. The van der Waals surface area contributed by atoms with Crippen molar-refractivity contribution in [1.82, 2.24) is 0 Å². The molecule has 2 rings (SSSR count). The molecule has 0 fully saturated rings. The van der Waals surface area contributed by atoms with Gasteiger partial charge in [-0.25, -0.2) is 4.39 Å². The standard InChI is InChI=1S/C9H6FIOS/c1-12-7-4-6(10)9-5(8(7)11)2-3-13-9/h2-4H,1H3. The first-order valence-electron chi connectivity index (χ1n) is 3.63. The van der Waals surface area contributed by atoms with E-state index in [2.05, 4.69) is 22.6 Å². The Morgan fingerprint density at radius 3 is 3.00 bits per heavy atom. The number of fused-ring (bicyclic) bond motifs is 1. The number of hydrogen-bond acceptors (Lipinski definition) is 2. The van der Waals surface area contributed by atoms with E-state index in [1.807, 2.05) is 11.4 Å². The summed E-state index contributed by atoms with van der Waals surface area (Å²) in [7, 11) is 1.55. The van der Waals surface area contributed by atoms with Gasteiger partial charge in [-0.15, -0.1) is 11.3 Å². The molecule has 1 aromatic heterocycles. The molecular formula is C9H6FIOS. The molecule has 13 heavy (non-hydrogen) atoms. The van der Waals surface area contributed by atoms with E-state index in [0.717, 1.165) is 8.96 Å². The molecule has 0 saturated heterocycles. The fraction of sp³-hybridized carbons (Fsp3) is 0.111. The van der Waals surface area contributed by atoms with Crippen molar-refractivity contribution in [3.63, 3.8) is 0 Å². The largest absolute Gasteiger partial charge is 0.496 e. The van der Waals surface area contributed by atoms with Crippen LogP contribution in [0.2, 0.25) is 0 Å². The second-order valence-electron chi connectivity index (χ2n) is 2.54. The predicted molar refractivity (Wildman–Crippen MR) is 61.1 cm³/mol. The molecule has 1 heterocycles. The van der Waals surface area contributed by atoms with Crippen LogP contribution >= 0.6 is 33.9 Å². The molecule has 0 bridgehead atoms. The van der Waals surface area contributed by atoms with Crippen LogP contribution in [0.5, 0.6) is 5.75 Å². The highest BCUT2D eigenvalue weighted by Gasteiger charge is 2.10. The lowest BCUT2D eigenvalue weighted by molar-refractivity contribution is 0.409. The molecule has 0 atom stereocenters. The van der Waals surface area contributed by atoms with E-state index in [1.165, 1.54) is 17.4 Å². The molecule has 0 amide bonds. The van der Waals surface area contributed by atoms with E-state index in [4.69, 9.17) is 4.74 Å². The van der Waals surface area contributed by atoms with Gasteiger partial charge >= 0.3 is 0 Å². The van der Waals surface area contributed by atoms with Crippen molar-refractivity contribution < 1.29 is 9.13 Å². The van der Waals surface area contributed by atoms with Crippen LogP contribution in [0.1, 0.15) is 0 Å². The van der Waals surface area contributed by atoms with Gasteiger partial charge < -0.3 is 4.74 Å². The average molecular weight is 308 g/mol. The van der Waals surface area contributed by atoms with Gasteiger partial charge in [0, 0.05) is 11.5 Å². The molecule has 2 aromatic rings. The molecule has 1 aromatic carbocycles. The summed E-state index contributed by atoms with van der Waals surface area (Å²) < 4.78 is 20.1. The Morgan fingerprint density at radius 1 is 1.54 bits per heavy atom. The molecule has 0 aliphatic carbocycles. The molecule has 0 aliphatic rings. The van der Waals surface area contributed by atoms with Gasteiger partial charge in [0.2, 0.25) is 0 Å².